The zero-order valence-corrected chi connectivity index (χ0v) is 8.88. The summed E-state index contributed by atoms with van der Waals surface area (Å²) in [7, 11) is 0. The van der Waals surface area contributed by atoms with Crippen molar-refractivity contribution < 1.29 is 15.0 Å². The van der Waals surface area contributed by atoms with Gasteiger partial charge in [-0.3, -0.25) is 0 Å². The van der Waals surface area contributed by atoms with Gasteiger partial charge in [-0.15, -0.1) is 0 Å². The van der Waals surface area contributed by atoms with E-state index in [2.05, 4.69) is 4.98 Å². The molecule has 14 heavy (non-hydrogen) atoms. The molecule has 0 spiro atoms. The molecule has 0 fully saturated rings. The van der Waals surface area contributed by atoms with Crippen LogP contribution in [0.3, 0.4) is 0 Å². The molecule has 0 atom stereocenters. The molecule has 0 unspecified atom stereocenters. The molecule has 1 rings (SSSR count). The number of carboxylic acid groups (broad SMARTS) is 1. The Labute approximate surface area is 91.1 Å². The van der Waals surface area contributed by atoms with Crippen LogP contribution in [0.4, 0.5) is 0 Å². The quantitative estimate of drug-likeness (QED) is 0.735. The highest BCUT2D eigenvalue weighted by molar-refractivity contribution is 6.34. The molecule has 1 aromatic rings. The second kappa shape index (κ2) is 6.59. The van der Waals surface area contributed by atoms with Crippen LogP contribution in [0.1, 0.15) is 17.4 Å². The SMILES string of the molecule is CCO.O=C(O)c1nc(Cl)ccc1Cl. The van der Waals surface area contributed by atoms with Crippen LogP contribution in [0, 0.1) is 0 Å². The largest absolute Gasteiger partial charge is 0.476 e. The Morgan fingerprint density at radius 3 is 2.36 bits per heavy atom. The molecule has 0 bridgehead atoms. The standard InChI is InChI=1S/C6H3Cl2NO2.C2H6O/c7-3-1-2-4(8)9-5(3)6(10)11;1-2-3/h1-2H,(H,10,11);3H,2H2,1H3. The van der Waals surface area contributed by atoms with Crippen molar-refractivity contribution in [3.63, 3.8) is 0 Å². The number of aromatic nitrogens is 1. The molecule has 0 saturated carbocycles. The van der Waals surface area contributed by atoms with Gasteiger partial charge < -0.3 is 10.2 Å². The van der Waals surface area contributed by atoms with Crippen LogP contribution >= 0.6 is 23.2 Å². The summed E-state index contributed by atoms with van der Waals surface area (Å²) in [5.41, 5.74) is -0.223. The number of rotatable bonds is 1. The molecule has 0 aromatic carbocycles. The zero-order valence-electron chi connectivity index (χ0n) is 7.37. The Balaban J connectivity index is 0.000000500. The summed E-state index contributed by atoms with van der Waals surface area (Å²) < 4.78 is 0. The summed E-state index contributed by atoms with van der Waals surface area (Å²) in [5.74, 6) is -1.18. The van der Waals surface area contributed by atoms with E-state index in [4.69, 9.17) is 33.4 Å². The van der Waals surface area contributed by atoms with Gasteiger partial charge in [-0.25, -0.2) is 9.78 Å². The number of aromatic carboxylic acids is 1. The summed E-state index contributed by atoms with van der Waals surface area (Å²) in [5, 5.41) is 16.3. The summed E-state index contributed by atoms with van der Waals surface area (Å²) in [6.45, 7) is 1.93. The minimum absolute atomic E-state index is 0.0851. The lowest BCUT2D eigenvalue weighted by molar-refractivity contribution is 0.0690. The van der Waals surface area contributed by atoms with Crippen molar-refractivity contribution in [2.24, 2.45) is 0 Å². The van der Waals surface area contributed by atoms with Crippen LogP contribution < -0.4 is 0 Å². The smallest absolute Gasteiger partial charge is 0.356 e. The number of aliphatic hydroxyl groups excluding tert-OH is 1. The topological polar surface area (TPSA) is 70.4 Å². The molecule has 0 amide bonds. The maximum absolute atomic E-state index is 10.4. The Morgan fingerprint density at radius 2 is 2.00 bits per heavy atom. The van der Waals surface area contributed by atoms with Crippen molar-refractivity contribution in [3.05, 3.63) is 28.0 Å². The number of carbonyl (C=O) groups is 1. The maximum atomic E-state index is 10.4. The first-order valence-corrected chi connectivity index (χ1v) is 4.44. The third kappa shape index (κ3) is 4.41. The van der Waals surface area contributed by atoms with Gasteiger partial charge in [0.1, 0.15) is 5.15 Å². The minimum Gasteiger partial charge on any atom is -0.476 e. The van der Waals surface area contributed by atoms with Crippen molar-refractivity contribution in [3.8, 4) is 0 Å². The van der Waals surface area contributed by atoms with E-state index in [1.165, 1.54) is 12.1 Å². The van der Waals surface area contributed by atoms with E-state index in [-0.39, 0.29) is 22.5 Å². The molecule has 0 aliphatic carbocycles. The summed E-state index contributed by atoms with van der Waals surface area (Å²) >= 11 is 10.9. The van der Waals surface area contributed by atoms with E-state index in [0.29, 0.717) is 0 Å². The molecule has 0 radical (unpaired) electrons. The monoisotopic (exact) mass is 237 g/mol. The lowest BCUT2D eigenvalue weighted by Gasteiger charge is -1.96. The molecule has 2 N–H and O–H groups in total. The average Bonchev–Trinajstić information content (AvgIpc) is 2.10. The first kappa shape index (κ1) is 13.2. The Bertz CT molecular complexity index is 317. The predicted octanol–water partition coefficient (Wildman–Crippen LogP) is 2.09. The normalized spacial score (nSPS) is 8.86. The summed E-state index contributed by atoms with van der Waals surface area (Å²) in [6, 6.07) is 2.82. The van der Waals surface area contributed by atoms with Crippen LogP contribution in [-0.4, -0.2) is 27.8 Å². The fourth-order valence-electron chi connectivity index (χ4n) is 0.568. The van der Waals surface area contributed by atoms with E-state index in [1.54, 1.807) is 6.92 Å². The molecule has 1 heterocycles. The van der Waals surface area contributed by atoms with Gasteiger partial charge in [0.2, 0.25) is 0 Å². The highest BCUT2D eigenvalue weighted by Crippen LogP contribution is 2.16. The van der Waals surface area contributed by atoms with Gasteiger partial charge in [0.15, 0.2) is 5.69 Å². The second-order valence-electron chi connectivity index (χ2n) is 2.09. The summed E-state index contributed by atoms with van der Waals surface area (Å²) in [6.07, 6.45) is 0. The third-order valence-electron chi connectivity index (χ3n) is 1.01. The average molecular weight is 238 g/mol. The first-order valence-electron chi connectivity index (χ1n) is 3.69. The summed E-state index contributed by atoms with van der Waals surface area (Å²) in [4.78, 5) is 13.9. The molecule has 4 nitrogen and oxygen atoms in total. The molecule has 0 aliphatic rings. The van der Waals surface area contributed by atoms with Gasteiger partial charge in [-0.1, -0.05) is 23.2 Å². The number of nitrogens with zero attached hydrogens (tertiary/aromatic N) is 1. The molecular formula is C8H9Cl2NO3. The predicted molar refractivity (Wildman–Crippen MR) is 54.0 cm³/mol. The van der Waals surface area contributed by atoms with Gasteiger partial charge in [0.05, 0.1) is 5.02 Å². The second-order valence-corrected chi connectivity index (χ2v) is 2.88. The van der Waals surface area contributed by atoms with Crippen LogP contribution in [0.15, 0.2) is 12.1 Å². The maximum Gasteiger partial charge on any atom is 0.356 e. The van der Waals surface area contributed by atoms with E-state index < -0.39 is 5.97 Å². The number of aliphatic hydroxyl groups is 1. The van der Waals surface area contributed by atoms with Crippen LogP contribution in [0.2, 0.25) is 10.2 Å². The van der Waals surface area contributed by atoms with Crippen LogP contribution in [-0.2, 0) is 0 Å². The van der Waals surface area contributed by atoms with E-state index in [9.17, 15) is 4.79 Å². The van der Waals surface area contributed by atoms with E-state index in [0.717, 1.165) is 0 Å². The minimum atomic E-state index is -1.18. The number of hydrogen-bond donors (Lipinski definition) is 2. The zero-order chi connectivity index (χ0) is 11.1. The lowest BCUT2D eigenvalue weighted by Crippen LogP contribution is -2.00. The molecular weight excluding hydrogens is 229 g/mol. The van der Waals surface area contributed by atoms with Crippen molar-refractivity contribution in [2.75, 3.05) is 6.61 Å². The molecule has 0 saturated heterocycles. The van der Waals surface area contributed by atoms with Gasteiger partial charge in [0.25, 0.3) is 0 Å². The fourth-order valence-corrected chi connectivity index (χ4v) is 0.902. The van der Waals surface area contributed by atoms with Crippen molar-refractivity contribution in [1.29, 1.82) is 0 Å². The van der Waals surface area contributed by atoms with Crippen LogP contribution in [0.5, 0.6) is 0 Å². The van der Waals surface area contributed by atoms with Gasteiger partial charge in [0, 0.05) is 6.61 Å². The molecule has 6 heteroatoms. The Morgan fingerprint density at radius 1 is 1.50 bits per heavy atom. The van der Waals surface area contributed by atoms with Gasteiger partial charge >= 0.3 is 5.97 Å². The number of hydrogen-bond acceptors (Lipinski definition) is 3. The van der Waals surface area contributed by atoms with Gasteiger partial charge in [-0.05, 0) is 19.1 Å². The molecule has 1 aromatic heterocycles. The van der Waals surface area contributed by atoms with Crippen molar-refractivity contribution in [1.82, 2.24) is 4.98 Å². The van der Waals surface area contributed by atoms with Crippen LogP contribution in [0.25, 0.3) is 0 Å². The molecule has 78 valence electrons. The first-order chi connectivity index (χ1) is 6.52. The van der Waals surface area contributed by atoms with E-state index in [1.807, 2.05) is 0 Å². The molecule has 0 aliphatic heterocycles. The number of carboxylic acids is 1. The number of halogens is 2. The Kier molecular flexibility index (Phi) is 6.19. The van der Waals surface area contributed by atoms with Gasteiger partial charge in [-0.2, -0.15) is 0 Å². The Hall–Kier alpha value is -0.840. The highest BCUT2D eigenvalue weighted by Gasteiger charge is 2.09. The van der Waals surface area contributed by atoms with Crippen molar-refractivity contribution >= 4 is 29.2 Å². The third-order valence-corrected chi connectivity index (χ3v) is 1.53. The highest BCUT2D eigenvalue weighted by atomic mass is 35.5. The fraction of sp³-hybridized carbons (Fsp3) is 0.250. The van der Waals surface area contributed by atoms with E-state index >= 15 is 0 Å². The van der Waals surface area contributed by atoms with Crippen molar-refractivity contribution in [2.45, 2.75) is 6.92 Å². The lowest BCUT2D eigenvalue weighted by atomic mass is 10.3. The number of pyridine rings is 1.